The normalized spacial score (nSPS) is 26.1. The van der Waals surface area contributed by atoms with Gasteiger partial charge in [-0.2, -0.15) is 4.98 Å². The lowest BCUT2D eigenvalue weighted by molar-refractivity contribution is -0.0931. The van der Waals surface area contributed by atoms with E-state index in [9.17, 15) is 0 Å². The van der Waals surface area contributed by atoms with Crippen LogP contribution >= 0.6 is 0 Å². The number of benzene rings is 1. The van der Waals surface area contributed by atoms with Crippen LogP contribution in [-0.4, -0.2) is 41.0 Å². The monoisotopic (exact) mass is 343 g/mol. The molecule has 0 N–H and O–H groups in total. The molecule has 0 amide bonds. The number of aromatic nitrogens is 2. The second-order valence-electron chi connectivity index (χ2n) is 7.05. The number of morpholine rings is 1. The van der Waals surface area contributed by atoms with Gasteiger partial charge in [0.1, 0.15) is 6.10 Å². The molecule has 2 aliphatic heterocycles. The molecular formula is C18H21N3O4. The third kappa shape index (κ3) is 2.98. The molecule has 1 aromatic carbocycles. The summed E-state index contributed by atoms with van der Waals surface area (Å²) in [5, 5.41) is 4.11. The Hall–Kier alpha value is -2.12. The minimum Gasteiger partial charge on any atom is -0.454 e. The smallest absolute Gasteiger partial charge is 0.257 e. The molecule has 1 saturated carbocycles. The highest BCUT2D eigenvalue weighted by Gasteiger charge is 2.34. The standard InChI is InChI=1S/C18H21N3O4/c1-11-7-21(8-13-3-2-4-14-16(13)23-10-22-14)9-15(24-11)18-19-17(20-25-18)12-5-6-12/h2-4,11-12,15H,5-10H2,1H3/t11-,15-/m1/s1. The van der Waals surface area contributed by atoms with E-state index >= 15 is 0 Å². The Morgan fingerprint density at radius 2 is 2.12 bits per heavy atom. The fourth-order valence-corrected chi connectivity index (χ4v) is 3.55. The number of rotatable bonds is 4. The molecule has 1 aliphatic carbocycles. The summed E-state index contributed by atoms with van der Waals surface area (Å²) in [4.78, 5) is 6.90. The first-order valence-electron chi connectivity index (χ1n) is 8.85. The van der Waals surface area contributed by atoms with Crippen molar-refractivity contribution < 1.29 is 18.7 Å². The summed E-state index contributed by atoms with van der Waals surface area (Å²) in [7, 11) is 0. The van der Waals surface area contributed by atoms with Crippen LogP contribution in [0.5, 0.6) is 11.5 Å². The number of hydrogen-bond donors (Lipinski definition) is 0. The molecule has 1 saturated heterocycles. The maximum absolute atomic E-state index is 6.05. The molecule has 25 heavy (non-hydrogen) atoms. The van der Waals surface area contributed by atoms with E-state index < -0.39 is 0 Å². The summed E-state index contributed by atoms with van der Waals surface area (Å²) >= 11 is 0. The molecule has 2 atom stereocenters. The SMILES string of the molecule is C[C@@H]1CN(Cc2cccc3c2OCO3)C[C@H](c2nc(C3CC3)no2)O1. The highest BCUT2D eigenvalue weighted by atomic mass is 16.7. The predicted octanol–water partition coefficient (Wildman–Crippen LogP) is 2.64. The Labute approximate surface area is 145 Å². The van der Waals surface area contributed by atoms with Crippen molar-refractivity contribution in [1.29, 1.82) is 0 Å². The van der Waals surface area contributed by atoms with Gasteiger partial charge in [-0.25, -0.2) is 0 Å². The van der Waals surface area contributed by atoms with Crippen LogP contribution in [0.4, 0.5) is 0 Å². The molecular weight excluding hydrogens is 322 g/mol. The number of para-hydroxylation sites is 1. The molecule has 0 spiro atoms. The topological polar surface area (TPSA) is 69.9 Å². The molecule has 2 fully saturated rings. The Kier molecular flexibility index (Phi) is 3.64. The first-order valence-corrected chi connectivity index (χ1v) is 8.85. The van der Waals surface area contributed by atoms with Gasteiger partial charge in [-0.3, -0.25) is 4.90 Å². The Balaban J connectivity index is 1.32. The molecule has 2 aromatic rings. The van der Waals surface area contributed by atoms with Crippen LogP contribution < -0.4 is 9.47 Å². The first-order chi connectivity index (χ1) is 12.3. The molecule has 132 valence electrons. The first kappa shape index (κ1) is 15.2. The van der Waals surface area contributed by atoms with Crippen molar-refractivity contribution in [2.45, 2.75) is 44.4 Å². The maximum Gasteiger partial charge on any atom is 0.257 e. The van der Waals surface area contributed by atoms with Crippen molar-refractivity contribution in [2.75, 3.05) is 19.9 Å². The maximum atomic E-state index is 6.05. The number of nitrogens with zero attached hydrogens (tertiary/aromatic N) is 3. The molecule has 0 bridgehead atoms. The zero-order valence-corrected chi connectivity index (χ0v) is 14.2. The Morgan fingerprint density at radius 1 is 1.20 bits per heavy atom. The zero-order chi connectivity index (χ0) is 16.8. The lowest BCUT2D eigenvalue weighted by Gasteiger charge is -2.35. The molecule has 5 rings (SSSR count). The summed E-state index contributed by atoms with van der Waals surface area (Å²) in [6.07, 6.45) is 2.24. The third-order valence-electron chi connectivity index (χ3n) is 4.88. The Bertz CT molecular complexity index is 773. The molecule has 0 unspecified atom stereocenters. The van der Waals surface area contributed by atoms with E-state index in [0.29, 0.717) is 18.6 Å². The quantitative estimate of drug-likeness (QED) is 0.845. The highest BCUT2D eigenvalue weighted by molar-refractivity contribution is 5.48. The lowest BCUT2D eigenvalue weighted by Crippen LogP contribution is -2.42. The van der Waals surface area contributed by atoms with E-state index in [1.54, 1.807) is 0 Å². The molecule has 3 aliphatic rings. The van der Waals surface area contributed by atoms with Crippen molar-refractivity contribution in [3.8, 4) is 11.5 Å². The van der Waals surface area contributed by atoms with Crippen LogP contribution in [0.25, 0.3) is 0 Å². The van der Waals surface area contributed by atoms with Gasteiger partial charge in [-0.1, -0.05) is 17.3 Å². The fraction of sp³-hybridized carbons (Fsp3) is 0.556. The molecule has 3 heterocycles. The minimum absolute atomic E-state index is 0.101. The average molecular weight is 343 g/mol. The summed E-state index contributed by atoms with van der Waals surface area (Å²) in [6, 6.07) is 6.03. The molecule has 1 aromatic heterocycles. The second kappa shape index (κ2) is 6.00. The van der Waals surface area contributed by atoms with E-state index in [1.807, 2.05) is 12.1 Å². The summed E-state index contributed by atoms with van der Waals surface area (Å²) in [5.74, 6) is 3.58. The highest BCUT2D eigenvalue weighted by Crippen LogP contribution is 2.39. The van der Waals surface area contributed by atoms with Gasteiger partial charge in [-0.15, -0.1) is 0 Å². The molecule has 0 radical (unpaired) electrons. The predicted molar refractivity (Wildman–Crippen MR) is 87.4 cm³/mol. The Morgan fingerprint density at radius 3 is 3.00 bits per heavy atom. The van der Waals surface area contributed by atoms with Gasteiger partial charge in [0.05, 0.1) is 6.10 Å². The largest absolute Gasteiger partial charge is 0.454 e. The third-order valence-corrected chi connectivity index (χ3v) is 4.88. The van der Waals surface area contributed by atoms with Crippen molar-refractivity contribution >= 4 is 0 Å². The second-order valence-corrected chi connectivity index (χ2v) is 7.05. The molecule has 7 heteroatoms. The summed E-state index contributed by atoms with van der Waals surface area (Å²) < 4.78 is 22.6. The van der Waals surface area contributed by atoms with Gasteiger partial charge in [0.15, 0.2) is 17.3 Å². The van der Waals surface area contributed by atoms with E-state index in [-0.39, 0.29) is 12.2 Å². The van der Waals surface area contributed by atoms with Crippen LogP contribution in [0.15, 0.2) is 22.7 Å². The van der Waals surface area contributed by atoms with Gasteiger partial charge < -0.3 is 18.7 Å². The van der Waals surface area contributed by atoms with Gasteiger partial charge in [0.2, 0.25) is 6.79 Å². The zero-order valence-electron chi connectivity index (χ0n) is 14.2. The van der Waals surface area contributed by atoms with Crippen LogP contribution in [0, 0.1) is 0 Å². The fourth-order valence-electron chi connectivity index (χ4n) is 3.55. The lowest BCUT2D eigenvalue weighted by atomic mass is 10.1. The average Bonchev–Trinajstić information content (AvgIpc) is 3.14. The van der Waals surface area contributed by atoms with Crippen molar-refractivity contribution in [2.24, 2.45) is 0 Å². The summed E-state index contributed by atoms with van der Waals surface area (Å²) in [5.41, 5.74) is 1.13. The van der Waals surface area contributed by atoms with E-state index in [1.165, 1.54) is 0 Å². The van der Waals surface area contributed by atoms with Crippen molar-refractivity contribution in [3.05, 3.63) is 35.5 Å². The van der Waals surface area contributed by atoms with E-state index in [2.05, 4.69) is 28.0 Å². The van der Waals surface area contributed by atoms with E-state index in [4.69, 9.17) is 18.7 Å². The van der Waals surface area contributed by atoms with Gasteiger partial charge in [0.25, 0.3) is 5.89 Å². The minimum atomic E-state index is -0.183. The van der Waals surface area contributed by atoms with Gasteiger partial charge in [-0.05, 0) is 25.8 Å². The van der Waals surface area contributed by atoms with Gasteiger partial charge in [0, 0.05) is 31.1 Å². The number of ether oxygens (including phenoxy) is 3. The van der Waals surface area contributed by atoms with Gasteiger partial charge >= 0.3 is 0 Å². The molecule has 7 nitrogen and oxygen atoms in total. The number of hydrogen-bond acceptors (Lipinski definition) is 7. The summed E-state index contributed by atoms with van der Waals surface area (Å²) in [6.45, 7) is 4.72. The van der Waals surface area contributed by atoms with Crippen molar-refractivity contribution in [1.82, 2.24) is 15.0 Å². The van der Waals surface area contributed by atoms with Crippen LogP contribution in [0.3, 0.4) is 0 Å². The van der Waals surface area contributed by atoms with Crippen LogP contribution in [0.1, 0.15) is 49.1 Å². The van der Waals surface area contributed by atoms with Crippen LogP contribution in [0.2, 0.25) is 0 Å². The number of fused-ring (bicyclic) bond motifs is 1. The van der Waals surface area contributed by atoms with Crippen molar-refractivity contribution in [3.63, 3.8) is 0 Å². The van der Waals surface area contributed by atoms with Crippen LogP contribution in [-0.2, 0) is 11.3 Å². The van der Waals surface area contributed by atoms with E-state index in [0.717, 1.165) is 55.4 Å².